The van der Waals surface area contributed by atoms with Crippen LogP contribution in [-0.2, 0) is 30.0 Å². The van der Waals surface area contributed by atoms with Gasteiger partial charge in [-0.25, -0.2) is 0 Å². The van der Waals surface area contributed by atoms with Crippen molar-refractivity contribution in [3.8, 4) is 0 Å². The molecule has 0 bridgehead atoms. The molecule has 0 aromatic rings. The maximum atomic E-state index is 9.92. The second-order valence-corrected chi connectivity index (χ2v) is 1.06. The molecule has 1 aliphatic rings. The number of carbonyl (C=O) groups excluding carboxylic acids is 2. The van der Waals surface area contributed by atoms with E-state index in [1.807, 2.05) is 0 Å². The Morgan fingerprint density at radius 2 is 2.12 bits per heavy atom. The van der Waals surface area contributed by atoms with E-state index in [4.69, 9.17) is 0 Å². The number of nitrogens with zero attached hydrogens (tertiary/aromatic N) is 1. The quantitative estimate of drug-likeness (QED) is 0.466. The monoisotopic (exact) mass is 287 g/mol. The van der Waals surface area contributed by atoms with Crippen LogP contribution in [0.15, 0.2) is 0 Å². The van der Waals surface area contributed by atoms with E-state index in [0.29, 0.717) is 0 Å². The standard InChI is InChI=1S/C3H3NO3.Re/c5-2-1-4-3(6)7-2;/h1H2,(H,4,6);/p-1. The summed E-state index contributed by atoms with van der Waals surface area (Å²) < 4.78 is 3.92. The van der Waals surface area contributed by atoms with E-state index in [1.165, 1.54) is 0 Å². The first-order chi connectivity index (χ1) is 3.29. The molecule has 1 saturated heterocycles. The van der Waals surface area contributed by atoms with Crippen molar-refractivity contribution < 1.29 is 34.7 Å². The van der Waals surface area contributed by atoms with Crippen molar-refractivity contribution in [2.75, 3.05) is 6.54 Å². The Balaban J connectivity index is 0.000000490. The third kappa shape index (κ3) is 1.60. The maximum Gasteiger partial charge on any atom is 0.294 e. The second-order valence-electron chi connectivity index (χ2n) is 1.06. The van der Waals surface area contributed by atoms with Crippen molar-refractivity contribution in [1.82, 2.24) is 0 Å². The molecule has 0 aromatic carbocycles. The van der Waals surface area contributed by atoms with Crippen LogP contribution in [0.5, 0.6) is 0 Å². The predicted octanol–water partition coefficient (Wildman–Crippen LogP) is 0.0344. The molecule has 1 radical (unpaired) electrons. The van der Waals surface area contributed by atoms with Gasteiger partial charge in [-0.3, -0.25) is 9.59 Å². The molecule has 1 fully saturated rings. The van der Waals surface area contributed by atoms with E-state index in [1.54, 1.807) is 0 Å². The van der Waals surface area contributed by atoms with Crippen molar-refractivity contribution in [3.05, 3.63) is 5.32 Å². The number of hydrogen-bond donors (Lipinski definition) is 0. The molecule has 4 nitrogen and oxygen atoms in total. The summed E-state index contributed by atoms with van der Waals surface area (Å²) in [5.74, 6) is -0.565. The average molecular weight is 286 g/mol. The average Bonchev–Trinajstić information content (AvgIpc) is 1.87. The number of carbonyl (C=O) groups is 2. The molecular formula is C3H2NO3Re-. The van der Waals surface area contributed by atoms with E-state index >= 15 is 0 Å². The Morgan fingerprint density at radius 1 is 1.50 bits per heavy atom. The van der Waals surface area contributed by atoms with Gasteiger partial charge < -0.3 is 10.1 Å². The number of cyclic esters (lactones) is 2. The Hall–Kier alpha value is -0.398. The van der Waals surface area contributed by atoms with E-state index < -0.39 is 12.1 Å². The van der Waals surface area contributed by atoms with E-state index in [2.05, 4.69) is 10.1 Å². The van der Waals surface area contributed by atoms with Crippen LogP contribution in [-0.4, -0.2) is 18.6 Å². The topological polar surface area (TPSA) is 57.5 Å². The van der Waals surface area contributed by atoms with Gasteiger partial charge in [0.2, 0.25) is 6.09 Å². The Labute approximate surface area is 59.2 Å². The van der Waals surface area contributed by atoms with Crippen LogP contribution in [0.25, 0.3) is 5.32 Å². The minimum Gasteiger partial charge on any atom is -0.608 e. The van der Waals surface area contributed by atoms with Crippen molar-refractivity contribution in [1.29, 1.82) is 0 Å². The van der Waals surface area contributed by atoms with E-state index in [0.717, 1.165) is 0 Å². The molecule has 0 N–H and O–H groups in total. The number of hydrogen-bond acceptors (Lipinski definition) is 3. The number of rotatable bonds is 0. The van der Waals surface area contributed by atoms with Gasteiger partial charge >= 0.3 is 0 Å². The summed E-state index contributed by atoms with van der Waals surface area (Å²) in [6.45, 7) is -0.112. The molecule has 1 rings (SSSR count). The molecular weight excluding hydrogens is 284 g/mol. The van der Waals surface area contributed by atoms with Crippen LogP contribution in [0.1, 0.15) is 0 Å². The van der Waals surface area contributed by atoms with Crippen LogP contribution in [0.3, 0.4) is 0 Å². The second kappa shape index (κ2) is 2.80. The van der Waals surface area contributed by atoms with E-state index in [-0.39, 0.29) is 27.0 Å². The maximum absolute atomic E-state index is 9.92. The third-order valence-electron chi connectivity index (χ3n) is 0.538. The van der Waals surface area contributed by atoms with Gasteiger partial charge in [-0.05, 0) is 6.54 Å². The number of esters is 1. The summed E-state index contributed by atoms with van der Waals surface area (Å²) >= 11 is 0. The third-order valence-corrected chi connectivity index (χ3v) is 0.538. The molecule has 0 unspecified atom stereocenters. The van der Waals surface area contributed by atoms with Crippen molar-refractivity contribution in [2.24, 2.45) is 0 Å². The minimum atomic E-state index is -0.773. The van der Waals surface area contributed by atoms with Crippen LogP contribution >= 0.6 is 0 Å². The molecule has 45 valence electrons. The van der Waals surface area contributed by atoms with Crippen LogP contribution in [0.4, 0.5) is 4.79 Å². The summed E-state index contributed by atoms with van der Waals surface area (Å²) in [4.78, 5) is 19.8. The largest absolute Gasteiger partial charge is 0.608 e. The van der Waals surface area contributed by atoms with Gasteiger partial charge in [0, 0.05) is 20.4 Å². The molecule has 1 heterocycles. The van der Waals surface area contributed by atoms with Crippen molar-refractivity contribution in [3.63, 3.8) is 0 Å². The molecule has 0 saturated carbocycles. The number of ether oxygens (including phenoxy) is 1. The molecule has 0 aliphatic carbocycles. The molecule has 0 spiro atoms. The summed E-state index contributed by atoms with van der Waals surface area (Å²) in [5, 5.41) is 3.11. The molecule has 8 heavy (non-hydrogen) atoms. The van der Waals surface area contributed by atoms with Gasteiger partial charge in [0.05, 0.1) is 0 Å². The van der Waals surface area contributed by atoms with Gasteiger partial charge in [-0.15, -0.1) is 0 Å². The van der Waals surface area contributed by atoms with Crippen LogP contribution < -0.4 is 0 Å². The molecule has 0 aromatic heterocycles. The smallest absolute Gasteiger partial charge is 0.294 e. The minimum absolute atomic E-state index is 0. The zero-order valence-electron chi connectivity index (χ0n) is 3.76. The Bertz CT molecular complexity index is 110. The first-order valence-electron chi connectivity index (χ1n) is 1.71. The molecule has 0 atom stereocenters. The summed E-state index contributed by atoms with van der Waals surface area (Å²) in [6, 6.07) is 0. The van der Waals surface area contributed by atoms with Gasteiger partial charge in [0.25, 0.3) is 5.97 Å². The normalized spacial score (nSPS) is 16.5. The fraction of sp³-hybridized carbons (Fsp3) is 0.333. The van der Waals surface area contributed by atoms with Gasteiger partial charge in [0.1, 0.15) is 0 Å². The zero-order valence-corrected chi connectivity index (χ0v) is 6.47. The summed E-state index contributed by atoms with van der Waals surface area (Å²) in [5.41, 5.74) is 0. The van der Waals surface area contributed by atoms with Crippen LogP contribution in [0.2, 0.25) is 0 Å². The SMILES string of the molecule is O=C1C[N-]C(=O)O1.[Re]. The Morgan fingerprint density at radius 3 is 2.25 bits per heavy atom. The van der Waals surface area contributed by atoms with Gasteiger partial charge in [0.15, 0.2) is 0 Å². The fourth-order valence-corrected chi connectivity index (χ4v) is 0.291. The molecule has 1 aliphatic heterocycles. The summed E-state index contributed by atoms with van der Waals surface area (Å²) in [6.07, 6.45) is -0.773. The predicted molar refractivity (Wildman–Crippen MR) is 19.7 cm³/mol. The fourth-order valence-electron chi connectivity index (χ4n) is 0.291. The Kier molecular flexibility index (Phi) is 2.66. The van der Waals surface area contributed by atoms with E-state index in [9.17, 15) is 9.59 Å². The number of amides is 1. The molecule has 5 heteroatoms. The first-order valence-corrected chi connectivity index (χ1v) is 1.71. The first kappa shape index (κ1) is 7.60. The zero-order chi connectivity index (χ0) is 5.28. The van der Waals surface area contributed by atoms with Gasteiger partial charge in [-0.1, -0.05) is 0 Å². The summed E-state index contributed by atoms with van der Waals surface area (Å²) in [7, 11) is 0. The van der Waals surface area contributed by atoms with Gasteiger partial charge in [-0.2, -0.15) is 0 Å². The molecule has 1 amide bonds. The van der Waals surface area contributed by atoms with Crippen LogP contribution in [0, 0.1) is 0 Å². The van der Waals surface area contributed by atoms with Crippen molar-refractivity contribution in [2.45, 2.75) is 0 Å². The van der Waals surface area contributed by atoms with Crippen molar-refractivity contribution >= 4 is 12.1 Å².